The fourth-order valence-electron chi connectivity index (χ4n) is 7.67. The first-order valence-corrected chi connectivity index (χ1v) is 16.9. The van der Waals surface area contributed by atoms with E-state index in [4.69, 9.17) is 18.9 Å². The van der Waals surface area contributed by atoms with E-state index in [2.05, 4.69) is 68.1 Å². The molecule has 4 unspecified atom stereocenters. The van der Waals surface area contributed by atoms with Gasteiger partial charge in [-0.25, -0.2) is 0 Å². The lowest BCUT2D eigenvalue weighted by atomic mass is 9.58. The summed E-state index contributed by atoms with van der Waals surface area (Å²) in [5, 5.41) is 1.31. The van der Waals surface area contributed by atoms with E-state index in [9.17, 15) is 0 Å². The number of piperidine rings is 1. The van der Waals surface area contributed by atoms with Gasteiger partial charge >= 0.3 is 0 Å². The van der Waals surface area contributed by atoms with Crippen LogP contribution < -0.4 is 9.47 Å². The minimum absolute atomic E-state index is 0.0228. The van der Waals surface area contributed by atoms with Gasteiger partial charge in [0.15, 0.2) is 11.5 Å². The quantitative estimate of drug-likeness (QED) is 0.209. The van der Waals surface area contributed by atoms with Crippen molar-refractivity contribution in [2.45, 2.75) is 97.0 Å². The maximum absolute atomic E-state index is 6.88. The van der Waals surface area contributed by atoms with E-state index in [1.165, 1.54) is 45.5 Å². The summed E-state index contributed by atoms with van der Waals surface area (Å²) in [5.41, 5.74) is 2.54. The van der Waals surface area contributed by atoms with E-state index in [1.807, 2.05) is 32.3 Å². The fourth-order valence-corrected chi connectivity index (χ4v) is 8.67. The largest absolute Gasteiger partial charge is 0.493 e. The highest BCUT2D eigenvalue weighted by molar-refractivity contribution is 7.19. The highest BCUT2D eigenvalue weighted by Gasteiger charge is 2.60. The summed E-state index contributed by atoms with van der Waals surface area (Å²) in [6.07, 6.45) is 5.91. The molecule has 0 amide bonds. The van der Waals surface area contributed by atoms with Crippen LogP contribution in [0.3, 0.4) is 0 Å². The Bertz CT molecular complexity index is 1290. The number of likely N-dealkylation sites (tertiary alicyclic amines) is 1. The lowest BCUT2D eigenvalue weighted by Crippen LogP contribution is -2.61. The first-order chi connectivity index (χ1) is 20.5. The van der Waals surface area contributed by atoms with E-state index in [0.29, 0.717) is 18.6 Å². The molecule has 3 heterocycles. The third-order valence-corrected chi connectivity index (χ3v) is 11.0. The molecule has 5 atom stereocenters. The molecule has 3 aliphatic rings. The summed E-state index contributed by atoms with van der Waals surface area (Å²) in [6, 6.07) is 15.6. The van der Waals surface area contributed by atoms with Gasteiger partial charge in [-0.15, -0.1) is 11.3 Å². The predicted molar refractivity (Wildman–Crippen MR) is 174 cm³/mol. The van der Waals surface area contributed by atoms with Crippen molar-refractivity contribution in [3.63, 3.8) is 0 Å². The number of fused-ring (bicyclic) bond motifs is 3. The van der Waals surface area contributed by atoms with Crippen LogP contribution in [0.2, 0.25) is 0 Å². The standard InChI is InChI=1S/C34H45NO4S.C2H6/c1-22-12-15-29(37-5)32-31(22)34(33(39-32)24(3)36-4)16-17-35(20-25-13-14-25)23(2)28(34)10-8-18-38-21-27-19-26-9-6-7-11-30(26)40-27;1-2/h6-7,9,11-12,15,19,23-25,28,33H,8,10,13-14,16-18,20-21H2,1-5H3;1-2H3/t23?,24?,28?,33-,34?;/m0./s1. The molecule has 0 radical (unpaired) electrons. The second kappa shape index (κ2) is 13.7. The number of ether oxygens (including phenoxy) is 4. The molecule has 230 valence electrons. The molecule has 1 aliphatic carbocycles. The second-order valence-corrected chi connectivity index (χ2v) is 13.5. The van der Waals surface area contributed by atoms with Crippen LogP contribution in [0.1, 0.15) is 75.8 Å². The van der Waals surface area contributed by atoms with Crippen molar-refractivity contribution in [1.29, 1.82) is 0 Å². The van der Waals surface area contributed by atoms with Crippen LogP contribution in [0.15, 0.2) is 42.5 Å². The molecule has 3 aromatic rings. The Morgan fingerprint density at radius 2 is 1.90 bits per heavy atom. The van der Waals surface area contributed by atoms with Crippen LogP contribution in [0.5, 0.6) is 11.5 Å². The number of aryl methyl sites for hydroxylation is 1. The Hall–Kier alpha value is -2.12. The molecule has 1 spiro atoms. The monoisotopic (exact) mass is 593 g/mol. The number of hydrogen-bond acceptors (Lipinski definition) is 6. The molecular formula is C36H51NO4S. The molecule has 0 N–H and O–H groups in total. The first-order valence-electron chi connectivity index (χ1n) is 16.1. The average molecular weight is 594 g/mol. The van der Waals surface area contributed by atoms with Crippen LogP contribution in [0.4, 0.5) is 0 Å². The van der Waals surface area contributed by atoms with Gasteiger partial charge in [-0.1, -0.05) is 38.1 Å². The molecule has 2 aromatic carbocycles. The number of rotatable bonds is 11. The van der Waals surface area contributed by atoms with Gasteiger partial charge < -0.3 is 23.8 Å². The number of thiophene rings is 1. The lowest BCUT2D eigenvalue weighted by molar-refractivity contribution is -0.0718. The van der Waals surface area contributed by atoms with Gasteiger partial charge in [0.25, 0.3) is 0 Å². The normalized spacial score (nSPS) is 26.0. The van der Waals surface area contributed by atoms with E-state index < -0.39 is 0 Å². The summed E-state index contributed by atoms with van der Waals surface area (Å²) in [4.78, 5) is 4.07. The summed E-state index contributed by atoms with van der Waals surface area (Å²) in [7, 11) is 3.57. The SMILES string of the molecule is CC.COc1ccc(C)c2c1O[C@@H](C(C)OC)C21CCN(CC2CC2)C(C)C1CCCOCc1cc2ccccc2s1. The Balaban J connectivity index is 0.00000173. The minimum Gasteiger partial charge on any atom is -0.493 e. The first kappa shape index (κ1) is 31.3. The number of nitrogens with zero attached hydrogens (tertiary/aromatic N) is 1. The average Bonchev–Trinajstić information content (AvgIpc) is 3.63. The molecule has 5 nitrogen and oxygen atoms in total. The summed E-state index contributed by atoms with van der Waals surface area (Å²) >= 11 is 1.84. The molecule has 6 heteroatoms. The molecule has 1 saturated heterocycles. The minimum atomic E-state index is -0.117. The summed E-state index contributed by atoms with van der Waals surface area (Å²) in [6.45, 7) is 14.7. The Morgan fingerprint density at radius 1 is 1.12 bits per heavy atom. The maximum Gasteiger partial charge on any atom is 0.165 e. The predicted octanol–water partition coefficient (Wildman–Crippen LogP) is 8.40. The maximum atomic E-state index is 6.88. The molecule has 6 rings (SSSR count). The zero-order valence-corrected chi connectivity index (χ0v) is 27.6. The molecule has 2 aliphatic heterocycles. The van der Waals surface area contributed by atoms with Gasteiger partial charge in [-0.2, -0.15) is 0 Å². The highest BCUT2D eigenvalue weighted by atomic mass is 32.1. The number of methoxy groups -OCH3 is 2. The van der Waals surface area contributed by atoms with E-state index in [-0.39, 0.29) is 17.6 Å². The van der Waals surface area contributed by atoms with Crippen LogP contribution in [0.25, 0.3) is 10.1 Å². The van der Waals surface area contributed by atoms with Crippen molar-refractivity contribution in [2.75, 3.05) is 33.9 Å². The van der Waals surface area contributed by atoms with E-state index in [1.54, 1.807) is 7.11 Å². The van der Waals surface area contributed by atoms with Gasteiger partial charge in [-0.05, 0) is 100 Å². The van der Waals surface area contributed by atoms with E-state index >= 15 is 0 Å². The van der Waals surface area contributed by atoms with Gasteiger partial charge in [0.1, 0.15) is 6.10 Å². The number of benzene rings is 2. The van der Waals surface area contributed by atoms with Crippen molar-refractivity contribution < 1.29 is 18.9 Å². The van der Waals surface area contributed by atoms with Gasteiger partial charge in [-0.3, -0.25) is 0 Å². The summed E-state index contributed by atoms with van der Waals surface area (Å²) in [5.74, 6) is 3.08. The van der Waals surface area contributed by atoms with Crippen LogP contribution in [-0.4, -0.2) is 57.1 Å². The van der Waals surface area contributed by atoms with E-state index in [0.717, 1.165) is 49.8 Å². The van der Waals surface area contributed by atoms with Gasteiger partial charge in [0.2, 0.25) is 0 Å². The zero-order valence-electron chi connectivity index (χ0n) is 26.8. The van der Waals surface area contributed by atoms with Crippen LogP contribution >= 0.6 is 11.3 Å². The molecular weight excluding hydrogens is 542 g/mol. The van der Waals surface area contributed by atoms with Crippen LogP contribution in [-0.2, 0) is 21.5 Å². The Labute approximate surface area is 257 Å². The fraction of sp³-hybridized carbons (Fsp3) is 0.611. The Morgan fingerprint density at radius 3 is 2.62 bits per heavy atom. The number of hydrogen-bond donors (Lipinski definition) is 0. The van der Waals surface area contributed by atoms with Gasteiger partial charge in [0, 0.05) is 46.9 Å². The molecule has 1 aromatic heterocycles. The molecule has 1 saturated carbocycles. The summed E-state index contributed by atoms with van der Waals surface area (Å²) < 4.78 is 26.3. The highest BCUT2D eigenvalue weighted by Crippen LogP contribution is 2.59. The molecule has 42 heavy (non-hydrogen) atoms. The topological polar surface area (TPSA) is 40.2 Å². The van der Waals surface area contributed by atoms with Crippen molar-refractivity contribution in [1.82, 2.24) is 4.90 Å². The second-order valence-electron chi connectivity index (χ2n) is 12.3. The van der Waals surface area contributed by atoms with Crippen molar-refractivity contribution >= 4 is 21.4 Å². The third-order valence-electron chi connectivity index (χ3n) is 9.91. The van der Waals surface area contributed by atoms with Crippen molar-refractivity contribution in [2.24, 2.45) is 11.8 Å². The molecule has 0 bridgehead atoms. The van der Waals surface area contributed by atoms with Crippen molar-refractivity contribution in [3.8, 4) is 11.5 Å². The molecule has 2 fully saturated rings. The smallest absolute Gasteiger partial charge is 0.165 e. The van der Waals surface area contributed by atoms with Crippen LogP contribution in [0, 0.1) is 18.8 Å². The van der Waals surface area contributed by atoms with Crippen molar-refractivity contribution in [3.05, 3.63) is 58.5 Å². The van der Waals surface area contributed by atoms with Gasteiger partial charge in [0.05, 0.1) is 19.8 Å². The zero-order chi connectivity index (χ0) is 29.9. The Kier molecular flexibility index (Phi) is 10.2. The third kappa shape index (κ3) is 5.97. The lowest BCUT2D eigenvalue weighted by Gasteiger charge is -2.53.